The van der Waals surface area contributed by atoms with Crippen LogP contribution in [0.15, 0.2) is 47.8 Å². The lowest BCUT2D eigenvalue weighted by Crippen LogP contribution is -2.37. The molecule has 1 atom stereocenters. The van der Waals surface area contributed by atoms with Crippen molar-refractivity contribution in [1.82, 2.24) is 5.32 Å². The SMILES string of the molecule is CC(Cc1cccs1)NC(=O)CNc1ccccc1. The van der Waals surface area contributed by atoms with Gasteiger partial charge in [-0.15, -0.1) is 11.3 Å². The number of anilines is 1. The molecule has 19 heavy (non-hydrogen) atoms. The van der Waals surface area contributed by atoms with Gasteiger partial charge in [-0.05, 0) is 30.5 Å². The lowest BCUT2D eigenvalue weighted by Gasteiger charge is -2.13. The van der Waals surface area contributed by atoms with Crippen LogP contribution in [0.25, 0.3) is 0 Å². The topological polar surface area (TPSA) is 41.1 Å². The van der Waals surface area contributed by atoms with E-state index >= 15 is 0 Å². The van der Waals surface area contributed by atoms with Crippen LogP contribution >= 0.6 is 11.3 Å². The van der Waals surface area contributed by atoms with Crippen molar-refractivity contribution in [1.29, 1.82) is 0 Å². The standard InChI is InChI=1S/C15H18N2OS/c1-12(10-14-8-5-9-19-14)17-15(18)11-16-13-6-3-2-4-7-13/h2-9,12,16H,10-11H2,1H3,(H,17,18). The Bertz CT molecular complexity index is 496. The number of benzene rings is 1. The molecule has 1 unspecified atom stereocenters. The number of carbonyl (C=O) groups excluding carboxylic acids is 1. The van der Waals surface area contributed by atoms with Crippen molar-refractivity contribution in [3.8, 4) is 0 Å². The molecule has 2 aromatic rings. The normalized spacial score (nSPS) is 11.8. The summed E-state index contributed by atoms with van der Waals surface area (Å²) in [7, 11) is 0. The molecule has 1 amide bonds. The van der Waals surface area contributed by atoms with Crippen molar-refractivity contribution in [2.24, 2.45) is 0 Å². The Morgan fingerprint density at radius 1 is 1.21 bits per heavy atom. The highest BCUT2D eigenvalue weighted by Crippen LogP contribution is 2.10. The summed E-state index contributed by atoms with van der Waals surface area (Å²) in [4.78, 5) is 13.1. The molecule has 2 rings (SSSR count). The van der Waals surface area contributed by atoms with Crippen molar-refractivity contribution in [2.45, 2.75) is 19.4 Å². The monoisotopic (exact) mass is 274 g/mol. The quantitative estimate of drug-likeness (QED) is 0.850. The zero-order valence-corrected chi connectivity index (χ0v) is 11.7. The summed E-state index contributed by atoms with van der Waals surface area (Å²) in [6.45, 7) is 2.33. The molecule has 0 aliphatic heterocycles. The van der Waals surface area contributed by atoms with Crippen LogP contribution in [0.2, 0.25) is 0 Å². The van der Waals surface area contributed by atoms with Crippen molar-refractivity contribution in [3.63, 3.8) is 0 Å². The average molecular weight is 274 g/mol. The van der Waals surface area contributed by atoms with Gasteiger partial charge >= 0.3 is 0 Å². The zero-order valence-electron chi connectivity index (χ0n) is 10.9. The van der Waals surface area contributed by atoms with Gasteiger partial charge in [0.2, 0.25) is 5.91 Å². The molecule has 0 aliphatic rings. The van der Waals surface area contributed by atoms with Gasteiger partial charge in [0.25, 0.3) is 0 Å². The molecular formula is C15H18N2OS. The molecule has 0 aliphatic carbocycles. The van der Waals surface area contributed by atoms with E-state index in [9.17, 15) is 4.79 Å². The molecule has 1 aromatic carbocycles. The van der Waals surface area contributed by atoms with Crippen LogP contribution < -0.4 is 10.6 Å². The van der Waals surface area contributed by atoms with Crippen molar-refractivity contribution >= 4 is 22.9 Å². The van der Waals surface area contributed by atoms with E-state index < -0.39 is 0 Å². The van der Waals surface area contributed by atoms with E-state index in [1.165, 1.54) is 4.88 Å². The number of hydrogen-bond donors (Lipinski definition) is 2. The van der Waals surface area contributed by atoms with Crippen LogP contribution in [0.5, 0.6) is 0 Å². The lowest BCUT2D eigenvalue weighted by molar-refractivity contribution is -0.119. The van der Waals surface area contributed by atoms with E-state index in [0.29, 0.717) is 6.54 Å². The number of para-hydroxylation sites is 1. The smallest absolute Gasteiger partial charge is 0.239 e. The van der Waals surface area contributed by atoms with Crippen LogP contribution in [0, 0.1) is 0 Å². The highest BCUT2D eigenvalue weighted by atomic mass is 32.1. The molecule has 0 spiro atoms. The predicted molar refractivity (Wildman–Crippen MR) is 80.6 cm³/mol. The molecule has 4 heteroatoms. The first-order chi connectivity index (χ1) is 9.24. The van der Waals surface area contributed by atoms with Gasteiger partial charge in [-0.2, -0.15) is 0 Å². The first-order valence-electron chi connectivity index (χ1n) is 6.34. The number of nitrogens with one attached hydrogen (secondary N) is 2. The summed E-state index contributed by atoms with van der Waals surface area (Å²) in [6, 6.07) is 14.0. The van der Waals surface area contributed by atoms with Gasteiger partial charge in [0.05, 0.1) is 6.54 Å². The highest BCUT2D eigenvalue weighted by molar-refractivity contribution is 7.09. The average Bonchev–Trinajstić information content (AvgIpc) is 2.90. The third-order valence-electron chi connectivity index (χ3n) is 2.72. The third-order valence-corrected chi connectivity index (χ3v) is 3.62. The molecule has 0 bridgehead atoms. The van der Waals surface area contributed by atoms with Crippen LogP contribution in [-0.2, 0) is 11.2 Å². The van der Waals surface area contributed by atoms with E-state index in [-0.39, 0.29) is 11.9 Å². The summed E-state index contributed by atoms with van der Waals surface area (Å²) in [5, 5.41) is 8.15. The molecule has 3 nitrogen and oxygen atoms in total. The summed E-state index contributed by atoms with van der Waals surface area (Å²) < 4.78 is 0. The van der Waals surface area contributed by atoms with Gasteiger partial charge in [-0.3, -0.25) is 4.79 Å². The lowest BCUT2D eigenvalue weighted by atomic mass is 10.2. The molecule has 2 N–H and O–H groups in total. The molecule has 100 valence electrons. The second-order valence-electron chi connectivity index (χ2n) is 4.47. The Hall–Kier alpha value is -1.81. The molecule has 0 fully saturated rings. The number of carbonyl (C=O) groups is 1. The highest BCUT2D eigenvalue weighted by Gasteiger charge is 2.08. The van der Waals surface area contributed by atoms with E-state index in [1.807, 2.05) is 43.3 Å². The minimum Gasteiger partial charge on any atom is -0.376 e. The maximum atomic E-state index is 11.8. The van der Waals surface area contributed by atoms with Crippen LogP contribution in [0.4, 0.5) is 5.69 Å². The Labute approximate surface area is 117 Å². The van der Waals surface area contributed by atoms with E-state index in [0.717, 1.165) is 12.1 Å². The van der Waals surface area contributed by atoms with Gasteiger partial charge in [0, 0.05) is 23.0 Å². The number of hydrogen-bond acceptors (Lipinski definition) is 3. The fraction of sp³-hybridized carbons (Fsp3) is 0.267. The number of amides is 1. The van der Waals surface area contributed by atoms with Crippen LogP contribution in [-0.4, -0.2) is 18.5 Å². The maximum Gasteiger partial charge on any atom is 0.239 e. The summed E-state index contributed by atoms with van der Waals surface area (Å²) in [5.74, 6) is 0.0212. The van der Waals surface area contributed by atoms with Crippen molar-refractivity contribution in [2.75, 3.05) is 11.9 Å². The minimum absolute atomic E-state index is 0.0212. The summed E-state index contributed by atoms with van der Waals surface area (Å²) >= 11 is 1.72. The maximum absolute atomic E-state index is 11.8. The zero-order chi connectivity index (χ0) is 13.5. The van der Waals surface area contributed by atoms with Crippen molar-refractivity contribution < 1.29 is 4.79 Å². The first-order valence-corrected chi connectivity index (χ1v) is 7.22. The predicted octanol–water partition coefficient (Wildman–Crippen LogP) is 2.91. The van der Waals surface area contributed by atoms with Crippen molar-refractivity contribution in [3.05, 3.63) is 52.7 Å². The van der Waals surface area contributed by atoms with Gasteiger partial charge in [-0.25, -0.2) is 0 Å². The molecule has 0 saturated carbocycles. The molecular weight excluding hydrogens is 256 g/mol. The Kier molecular flexibility index (Phi) is 4.98. The van der Waals surface area contributed by atoms with Gasteiger partial charge in [0.15, 0.2) is 0 Å². The molecule has 0 saturated heterocycles. The van der Waals surface area contributed by atoms with Gasteiger partial charge in [-0.1, -0.05) is 24.3 Å². The van der Waals surface area contributed by atoms with E-state index in [2.05, 4.69) is 22.1 Å². The minimum atomic E-state index is 0.0212. The van der Waals surface area contributed by atoms with E-state index in [1.54, 1.807) is 11.3 Å². The Morgan fingerprint density at radius 3 is 2.68 bits per heavy atom. The number of rotatable bonds is 6. The first kappa shape index (κ1) is 13.6. The molecule has 1 aromatic heterocycles. The fourth-order valence-electron chi connectivity index (χ4n) is 1.85. The largest absolute Gasteiger partial charge is 0.376 e. The molecule has 0 radical (unpaired) electrons. The Morgan fingerprint density at radius 2 is 2.00 bits per heavy atom. The molecule has 1 heterocycles. The second kappa shape index (κ2) is 6.95. The fourth-order valence-corrected chi connectivity index (χ4v) is 2.68. The summed E-state index contributed by atoms with van der Waals surface area (Å²) in [5.41, 5.74) is 0.962. The third kappa shape index (κ3) is 4.75. The second-order valence-corrected chi connectivity index (χ2v) is 5.50. The Balaban J connectivity index is 1.72. The summed E-state index contributed by atoms with van der Waals surface area (Å²) in [6.07, 6.45) is 0.884. The van der Waals surface area contributed by atoms with Crippen LogP contribution in [0.1, 0.15) is 11.8 Å². The van der Waals surface area contributed by atoms with E-state index in [4.69, 9.17) is 0 Å². The van der Waals surface area contributed by atoms with Gasteiger partial charge in [0.1, 0.15) is 0 Å². The van der Waals surface area contributed by atoms with Crippen LogP contribution in [0.3, 0.4) is 0 Å². The number of thiophene rings is 1. The van der Waals surface area contributed by atoms with Gasteiger partial charge < -0.3 is 10.6 Å².